The quantitative estimate of drug-likeness (QED) is 0.590. The van der Waals surface area contributed by atoms with Gasteiger partial charge in [0, 0.05) is 6.07 Å². The maximum Gasteiger partial charge on any atom is 0.342 e. The lowest BCUT2D eigenvalue weighted by Gasteiger charge is -2.04. The average molecular weight is 243 g/mol. The molecule has 1 rings (SSSR count). The predicted molar refractivity (Wildman–Crippen MR) is 50.1 cm³/mol. The van der Waals surface area contributed by atoms with Crippen molar-refractivity contribution in [2.45, 2.75) is 13.0 Å². The van der Waals surface area contributed by atoms with E-state index in [-0.39, 0.29) is 0 Å². The minimum Gasteiger partial charge on any atom is -0.457 e. The molecule has 0 bridgehead atoms. The zero-order chi connectivity index (χ0) is 9.84. The van der Waals surface area contributed by atoms with Gasteiger partial charge in [0.15, 0.2) is 10.8 Å². The van der Waals surface area contributed by atoms with Crippen molar-refractivity contribution in [2.75, 3.05) is 0 Å². The third-order valence-corrected chi connectivity index (χ3v) is 1.74. The highest BCUT2D eigenvalue weighted by molar-refractivity contribution is 9.10. The van der Waals surface area contributed by atoms with Crippen LogP contribution in [0, 0.1) is 12.3 Å². The molecule has 0 fully saturated rings. The number of rotatable bonds is 2. The van der Waals surface area contributed by atoms with Gasteiger partial charge in [0.2, 0.25) is 0 Å². The summed E-state index contributed by atoms with van der Waals surface area (Å²) in [6.07, 6.45) is 5.82. The zero-order valence-corrected chi connectivity index (χ0v) is 8.50. The van der Waals surface area contributed by atoms with Crippen LogP contribution in [0.4, 0.5) is 0 Å². The van der Waals surface area contributed by atoms with E-state index in [0.717, 1.165) is 0 Å². The Hall–Kier alpha value is -1.21. The second-order valence-electron chi connectivity index (χ2n) is 2.35. The Morgan fingerprint density at radius 3 is 3.00 bits per heavy atom. The Kier molecular flexibility index (Phi) is 3.15. The molecule has 0 N–H and O–H groups in total. The van der Waals surface area contributed by atoms with E-state index in [2.05, 4.69) is 21.9 Å². The highest BCUT2D eigenvalue weighted by Crippen LogP contribution is 2.15. The van der Waals surface area contributed by atoms with Gasteiger partial charge in [-0.05, 0) is 22.9 Å². The van der Waals surface area contributed by atoms with Gasteiger partial charge < -0.3 is 9.15 Å². The van der Waals surface area contributed by atoms with Gasteiger partial charge in [0.05, 0.1) is 5.56 Å². The summed E-state index contributed by atoms with van der Waals surface area (Å²) in [6, 6.07) is 1.52. The topological polar surface area (TPSA) is 39.4 Å². The molecule has 4 heteroatoms. The second kappa shape index (κ2) is 4.15. The van der Waals surface area contributed by atoms with Crippen molar-refractivity contribution in [3.8, 4) is 12.3 Å². The van der Waals surface area contributed by atoms with Gasteiger partial charge in [-0.3, -0.25) is 0 Å². The van der Waals surface area contributed by atoms with Crippen molar-refractivity contribution in [1.82, 2.24) is 0 Å². The molecule has 0 spiro atoms. The van der Waals surface area contributed by atoms with Crippen LogP contribution in [-0.4, -0.2) is 12.1 Å². The van der Waals surface area contributed by atoms with Crippen LogP contribution in [0.5, 0.6) is 0 Å². The maximum absolute atomic E-state index is 11.2. The number of hydrogen-bond donors (Lipinski definition) is 0. The van der Waals surface area contributed by atoms with Crippen LogP contribution < -0.4 is 0 Å². The number of ether oxygens (including phenoxy) is 1. The van der Waals surface area contributed by atoms with Crippen molar-refractivity contribution < 1.29 is 13.9 Å². The van der Waals surface area contributed by atoms with Crippen LogP contribution in [0.25, 0.3) is 0 Å². The molecule has 0 aliphatic heterocycles. The molecule has 0 saturated carbocycles. The number of esters is 1. The van der Waals surface area contributed by atoms with Crippen molar-refractivity contribution in [3.63, 3.8) is 0 Å². The van der Waals surface area contributed by atoms with E-state index < -0.39 is 12.1 Å². The predicted octanol–water partition coefficient (Wildman–Crippen LogP) is 2.22. The monoisotopic (exact) mass is 242 g/mol. The van der Waals surface area contributed by atoms with E-state index in [9.17, 15) is 4.79 Å². The number of halogens is 1. The SMILES string of the molecule is C#CC(C)OC(=O)c1coc(Br)c1. The Balaban J connectivity index is 2.65. The number of furan rings is 1. The van der Waals surface area contributed by atoms with Crippen molar-refractivity contribution in [3.05, 3.63) is 22.6 Å². The molecular formula is C9H7BrO3. The summed E-state index contributed by atoms with van der Waals surface area (Å²) in [7, 11) is 0. The first kappa shape index (κ1) is 9.87. The normalized spacial score (nSPS) is 11.8. The summed E-state index contributed by atoms with van der Waals surface area (Å²) in [4.78, 5) is 11.2. The molecule has 0 aromatic carbocycles. The van der Waals surface area contributed by atoms with Gasteiger partial charge in [-0.1, -0.05) is 5.92 Å². The molecule has 1 heterocycles. The Morgan fingerprint density at radius 1 is 1.85 bits per heavy atom. The fraction of sp³-hybridized carbons (Fsp3) is 0.222. The smallest absolute Gasteiger partial charge is 0.342 e. The maximum atomic E-state index is 11.2. The van der Waals surface area contributed by atoms with Crippen LogP contribution in [0.3, 0.4) is 0 Å². The van der Waals surface area contributed by atoms with E-state index in [1.807, 2.05) is 0 Å². The number of hydrogen-bond acceptors (Lipinski definition) is 3. The highest BCUT2D eigenvalue weighted by Gasteiger charge is 2.12. The van der Waals surface area contributed by atoms with Crippen molar-refractivity contribution >= 4 is 21.9 Å². The summed E-state index contributed by atoms with van der Waals surface area (Å²) >= 11 is 3.07. The van der Waals surface area contributed by atoms with E-state index in [4.69, 9.17) is 15.6 Å². The number of carbonyl (C=O) groups excluding carboxylic acids is 1. The van der Waals surface area contributed by atoms with Gasteiger partial charge in [-0.15, -0.1) is 6.42 Å². The first-order valence-corrected chi connectivity index (χ1v) is 4.34. The van der Waals surface area contributed by atoms with E-state index in [1.54, 1.807) is 6.92 Å². The molecule has 68 valence electrons. The van der Waals surface area contributed by atoms with Crippen LogP contribution >= 0.6 is 15.9 Å². The molecule has 1 aromatic rings. The van der Waals surface area contributed by atoms with Gasteiger partial charge in [-0.2, -0.15) is 0 Å². The molecule has 0 radical (unpaired) electrons. The standard InChI is InChI=1S/C9H7BrO3/c1-3-6(2)13-9(11)7-4-8(10)12-5-7/h1,4-6H,2H3. The fourth-order valence-corrected chi connectivity index (χ4v) is 1.02. The van der Waals surface area contributed by atoms with Gasteiger partial charge in [0.1, 0.15) is 6.26 Å². The highest BCUT2D eigenvalue weighted by atomic mass is 79.9. The van der Waals surface area contributed by atoms with Crippen LogP contribution in [-0.2, 0) is 4.74 Å². The largest absolute Gasteiger partial charge is 0.457 e. The summed E-state index contributed by atoms with van der Waals surface area (Å²) < 4.78 is 10.2. The van der Waals surface area contributed by atoms with E-state index in [1.165, 1.54) is 12.3 Å². The molecule has 0 aliphatic carbocycles. The van der Waals surface area contributed by atoms with Crippen LogP contribution in [0.2, 0.25) is 0 Å². The summed E-state index contributed by atoms with van der Waals surface area (Å²) in [5.41, 5.74) is 0.342. The molecule has 0 aliphatic rings. The summed E-state index contributed by atoms with van der Waals surface area (Å²) in [5, 5.41) is 0. The Labute approximate surface area is 84.2 Å². The molecule has 0 amide bonds. The Bertz CT molecular complexity index is 348. The second-order valence-corrected chi connectivity index (χ2v) is 3.14. The summed E-state index contributed by atoms with van der Waals surface area (Å²) in [6.45, 7) is 1.62. The third-order valence-electron chi connectivity index (χ3n) is 1.32. The average Bonchev–Trinajstić information content (AvgIpc) is 2.51. The van der Waals surface area contributed by atoms with Crippen molar-refractivity contribution in [1.29, 1.82) is 0 Å². The first-order chi connectivity index (χ1) is 6.13. The first-order valence-electron chi connectivity index (χ1n) is 3.54. The minimum atomic E-state index is -0.527. The lowest BCUT2D eigenvalue weighted by atomic mass is 10.3. The lowest BCUT2D eigenvalue weighted by Crippen LogP contribution is -2.12. The van der Waals surface area contributed by atoms with Crippen LogP contribution in [0.1, 0.15) is 17.3 Å². The number of carbonyl (C=O) groups is 1. The fourth-order valence-electron chi connectivity index (χ4n) is 0.680. The van der Waals surface area contributed by atoms with Crippen LogP contribution in [0.15, 0.2) is 21.4 Å². The van der Waals surface area contributed by atoms with Gasteiger partial charge in [0.25, 0.3) is 0 Å². The number of terminal acetylenes is 1. The third kappa shape index (κ3) is 2.63. The zero-order valence-electron chi connectivity index (χ0n) is 6.91. The van der Waals surface area contributed by atoms with E-state index in [0.29, 0.717) is 10.2 Å². The molecule has 1 aromatic heterocycles. The molecule has 3 nitrogen and oxygen atoms in total. The minimum absolute atomic E-state index is 0.342. The molecule has 1 unspecified atom stereocenters. The molecule has 1 atom stereocenters. The molecular weight excluding hydrogens is 236 g/mol. The van der Waals surface area contributed by atoms with E-state index >= 15 is 0 Å². The van der Waals surface area contributed by atoms with Crippen molar-refractivity contribution in [2.24, 2.45) is 0 Å². The summed E-state index contributed by atoms with van der Waals surface area (Å²) in [5.74, 6) is 1.80. The Morgan fingerprint density at radius 2 is 2.54 bits per heavy atom. The van der Waals surface area contributed by atoms with Gasteiger partial charge >= 0.3 is 5.97 Å². The molecule has 0 saturated heterocycles. The lowest BCUT2D eigenvalue weighted by molar-refractivity contribution is 0.0438. The van der Waals surface area contributed by atoms with Gasteiger partial charge in [-0.25, -0.2) is 4.79 Å². The molecule has 13 heavy (non-hydrogen) atoms.